The lowest BCUT2D eigenvalue weighted by Crippen LogP contribution is -2.19. The highest BCUT2D eigenvalue weighted by molar-refractivity contribution is 7.80. The zero-order chi connectivity index (χ0) is 12.4. The molecule has 0 spiro atoms. The van der Waals surface area contributed by atoms with Gasteiger partial charge in [0.05, 0.1) is 7.05 Å². The molecule has 0 aliphatic heterocycles. The predicted octanol–water partition coefficient (Wildman–Crippen LogP) is 0.841. The monoisotopic (exact) mass is 248 g/mol. The van der Waals surface area contributed by atoms with Crippen LogP contribution >= 0.6 is 12.2 Å². The lowest BCUT2D eigenvalue weighted by molar-refractivity contribution is 0.630. The van der Waals surface area contributed by atoms with E-state index in [1.165, 1.54) is 4.80 Å². The quantitative estimate of drug-likeness (QED) is 0.766. The Morgan fingerprint density at radius 1 is 1.47 bits per heavy atom. The van der Waals surface area contributed by atoms with Crippen molar-refractivity contribution in [3.63, 3.8) is 0 Å². The average Bonchev–Trinajstić information content (AvgIpc) is 2.67. The molecule has 1 aromatic heterocycles. The van der Waals surface area contributed by atoms with Crippen LogP contribution in [0.25, 0.3) is 11.4 Å². The fourth-order valence-corrected chi connectivity index (χ4v) is 1.54. The molecule has 0 aliphatic rings. The third kappa shape index (κ3) is 2.56. The van der Waals surface area contributed by atoms with Crippen LogP contribution in [0.15, 0.2) is 18.2 Å². The Balaban J connectivity index is 2.40. The van der Waals surface area contributed by atoms with Crippen LogP contribution in [0, 0.1) is 6.92 Å². The van der Waals surface area contributed by atoms with Crippen molar-refractivity contribution in [3.8, 4) is 11.4 Å². The molecule has 0 radical (unpaired) electrons. The first kappa shape index (κ1) is 11.5. The molecule has 0 bridgehead atoms. The third-order valence-electron chi connectivity index (χ3n) is 2.26. The molecule has 1 heterocycles. The highest BCUT2D eigenvalue weighted by Gasteiger charge is 2.07. The number of aromatic nitrogens is 4. The van der Waals surface area contributed by atoms with Gasteiger partial charge in [0.25, 0.3) is 0 Å². The molecule has 0 aliphatic carbocycles. The molecule has 0 unspecified atom stereocenters. The van der Waals surface area contributed by atoms with E-state index in [0.29, 0.717) is 5.82 Å². The molecular formula is C10H12N6S. The standard InChI is InChI=1S/C10H12N6S/c1-6-3-4-7(5-8(6)12-10(11)17)9-13-15-16(2)14-9/h3-5H,1-2H3,(H3,11,12,17). The van der Waals surface area contributed by atoms with E-state index in [9.17, 15) is 0 Å². The second-order valence-electron chi connectivity index (χ2n) is 3.62. The lowest BCUT2D eigenvalue weighted by Gasteiger charge is -2.08. The predicted molar refractivity (Wildman–Crippen MR) is 69.4 cm³/mol. The van der Waals surface area contributed by atoms with Crippen molar-refractivity contribution in [3.05, 3.63) is 23.8 Å². The van der Waals surface area contributed by atoms with Gasteiger partial charge in [-0.15, -0.1) is 10.2 Å². The summed E-state index contributed by atoms with van der Waals surface area (Å²) in [5, 5.41) is 15.0. The van der Waals surface area contributed by atoms with Crippen molar-refractivity contribution in [1.82, 2.24) is 20.2 Å². The van der Waals surface area contributed by atoms with Crippen LogP contribution in [-0.4, -0.2) is 25.3 Å². The Morgan fingerprint density at radius 2 is 2.24 bits per heavy atom. The van der Waals surface area contributed by atoms with Gasteiger partial charge < -0.3 is 11.1 Å². The van der Waals surface area contributed by atoms with Crippen LogP contribution in [0.1, 0.15) is 5.56 Å². The van der Waals surface area contributed by atoms with Crippen LogP contribution in [-0.2, 0) is 7.05 Å². The molecule has 3 N–H and O–H groups in total. The van der Waals surface area contributed by atoms with Crippen LogP contribution in [0.4, 0.5) is 5.69 Å². The summed E-state index contributed by atoms with van der Waals surface area (Å²) < 4.78 is 0. The number of tetrazole rings is 1. The number of rotatable bonds is 2. The van der Waals surface area contributed by atoms with Gasteiger partial charge in [-0.25, -0.2) is 0 Å². The number of hydrogen-bond acceptors (Lipinski definition) is 4. The number of nitrogens with zero attached hydrogens (tertiary/aromatic N) is 4. The van der Waals surface area contributed by atoms with Crippen LogP contribution < -0.4 is 11.1 Å². The van der Waals surface area contributed by atoms with Gasteiger partial charge in [0, 0.05) is 11.3 Å². The van der Waals surface area contributed by atoms with Gasteiger partial charge >= 0.3 is 0 Å². The third-order valence-corrected chi connectivity index (χ3v) is 2.36. The summed E-state index contributed by atoms with van der Waals surface area (Å²) in [5.74, 6) is 0.568. The van der Waals surface area contributed by atoms with Crippen LogP contribution in [0.3, 0.4) is 0 Å². The van der Waals surface area contributed by atoms with E-state index in [4.69, 9.17) is 18.0 Å². The number of nitrogens with two attached hydrogens (primary N) is 1. The molecule has 7 heteroatoms. The molecular weight excluding hydrogens is 236 g/mol. The molecule has 0 saturated carbocycles. The maximum atomic E-state index is 5.46. The van der Waals surface area contributed by atoms with E-state index in [0.717, 1.165) is 16.8 Å². The number of anilines is 1. The highest BCUT2D eigenvalue weighted by atomic mass is 32.1. The zero-order valence-corrected chi connectivity index (χ0v) is 10.3. The number of nitrogens with one attached hydrogen (secondary N) is 1. The van der Waals surface area contributed by atoms with Crippen LogP contribution in [0.5, 0.6) is 0 Å². The van der Waals surface area contributed by atoms with E-state index in [1.807, 2.05) is 25.1 Å². The highest BCUT2D eigenvalue weighted by Crippen LogP contribution is 2.22. The van der Waals surface area contributed by atoms with Gasteiger partial charge in [0.1, 0.15) is 0 Å². The second kappa shape index (κ2) is 4.46. The fraction of sp³-hybridized carbons (Fsp3) is 0.200. The number of thiocarbonyl (C=S) groups is 1. The maximum Gasteiger partial charge on any atom is 0.204 e. The van der Waals surface area contributed by atoms with Crippen molar-refractivity contribution in [2.24, 2.45) is 12.8 Å². The first-order valence-corrected chi connectivity index (χ1v) is 5.38. The first-order valence-electron chi connectivity index (χ1n) is 4.98. The normalized spacial score (nSPS) is 10.2. The molecule has 0 atom stereocenters. The summed E-state index contributed by atoms with van der Waals surface area (Å²) in [6.45, 7) is 1.97. The molecule has 0 fully saturated rings. The molecule has 2 aromatic rings. The Kier molecular flexibility index (Phi) is 3.01. The van der Waals surface area contributed by atoms with Gasteiger partial charge in [0.15, 0.2) is 5.11 Å². The van der Waals surface area contributed by atoms with Crippen molar-refractivity contribution < 1.29 is 0 Å². The molecule has 2 rings (SSSR count). The molecule has 0 saturated heterocycles. The average molecular weight is 248 g/mol. The van der Waals surface area contributed by atoms with Crippen molar-refractivity contribution >= 4 is 23.0 Å². The summed E-state index contributed by atoms with van der Waals surface area (Å²) in [6.07, 6.45) is 0. The SMILES string of the molecule is Cc1ccc(-c2nnn(C)n2)cc1NC(N)=S. The van der Waals surface area contributed by atoms with Crippen LogP contribution in [0.2, 0.25) is 0 Å². The summed E-state index contributed by atoms with van der Waals surface area (Å²) in [6, 6.07) is 5.77. The summed E-state index contributed by atoms with van der Waals surface area (Å²) in [4.78, 5) is 1.41. The molecule has 88 valence electrons. The largest absolute Gasteiger partial charge is 0.376 e. The molecule has 0 amide bonds. The van der Waals surface area contributed by atoms with E-state index in [2.05, 4.69) is 20.7 Å². The van der Waals surface area contributed by atoms with Gasteiger partial charge in [-0.2, -0.15) is 4.80 Å². The summed E-state index contributed by atoms with van der Waals surface area (Å²) >= 11 is 4.82. The van der Waals surface area contributed by atoms with Gasteiger partial charge in [-0.1, -0.05) is 12.1 Å². The molecule has 6 nitrogen and oxygen atoms in total. The lowest BCUT2D eigenvalue weighted by atomic mass is 10.1. The van der Waals surface area contributed by atoms with Crippen molar-refractivity contribution in [2.45, 2.75) is 6.92 Å². The minimum atomic E-state index is 0.234. The second-order valence-corrected chi connectivity index (χ2v) is 4.06. The topological polar surface area (TPSA) is 81.7 Å². The number of aryl methyl sites for hydroxylation is 2. The Bertz CT molecular complexity index is 562. The number of hydrogen-bond donors (Lipinski definition) is 2. The summed E-state index contributed by atoms with van der Waals surface area (Å²) in [5.41, 5.74) is 8.22. The summed E-state index contributed by atoms with van der Waals surface area (Å²) in [7, 11) is 1.72. The van der Waals surface area contributed by atoms with E-state index >= 15 is 0 Å². The maximum absolute atomic E-state index is 5.46. The Hall–Kier alpha value is -2.02. The van der Waals surface area contributed by atoms with Gasteiger partial charge in [0.2, 0.25) is 5.82 Å². The molecule has 17 heavy (non-hydrogen) atoms. The fourth-order valence-electron chi connectivity index (χ4n) is 1.43. The Labute approximate surface area is 104 Å². The van der Waals surface area contributed by atoms with E-state index in [1.54, 1.807) is 7.05 Å². The smallest absolute Gasteiger partial charge is 0.204 e. The van der Waals surface area contributed by atoms with E-state index < -0.39 is 0 Å². The van der Waals surface area contributed by atoms with Crippen molar-refractivity contribution in [1.29, 1.82) is 0 Å². The Morgan fingerprint density at radius 3 is 2.82 bits per heavy atom. The van der Waals surface area contributed by atoms with Crippen molar-refractivity contribution in [2.75, 3.05) is 5.32 Å². The minimum Gasteiger partial charge on any atom is -0.376 e. The molecule has 1 aromatic carbocycles. The number of benzene rings is 1. The minimum absolute atomic E-state index is 0.234. The van der Waals surface area contributed by atoms with E-state index in [-0.39, 0.29) is 5.11 Å². The van der Waals surface area contributed by atoms with Gasteiger partial charge in [-0.05, 0) is 36.0 Å². The zero-order valence-electron chi connectivity index (χ0n) is 9.51. The first-order chi connectivity index (χ1) is 8.06. The van der Waals surface area contributed by atoms with Gasteiger partial charge in [-0.3, -0.25) is 0 Å².